The average Bonchev–Trinajstić information content (AvgIpc) is 2.53. The van der Waals surface area contributed by atoms with Gasteiger partial charge in [-0.25, -0.2) is 0 Å². The maximum atomic E-state index is 5.86. The lowest BCUT2D eigenvalue weighted by Crippen LogP contribution is -2.28. The fourth-order valence-electron chi connectivity index (χ4n) is 2.32. The van der Waals surface area contributed by atoms with E-state index in [0.29, 0.717) is 12.1 Å². The zero-order valence-corrected chi connectivity index (χ0v) is 10.7. The molecule has 2 heteroatoms. The summed E-state index contributed by atoms with van der Waals surface area (Å²) in [6, 6.07) is 7.09. The summed E-state index contributed by atoms with van der Waals surface area (Å²) in [5, 5.41) is 3.59. The zero-order valence-electron chi connectivity index (χ0n) is 10.7. The molecule has 0 saturated carbocycles. The lowest BCUT2D eigenvalue weighted by Gasteiger charge is -2.22. The van der Waals surface area contributed by atoms with Crippen molar-refractivity contribution in [3.8, 4) is 5.75 Å². The van der Waals surface area contributed by atoms with Crippen molar-refractivity contribution >= 4 is 0 Å². The minimum absolute atomic E-state index is 0.325. The van der Waals surface area contributed by atoms with Gasteiger partial charge in [0.25, 0.3) is 0 Å². The molecular formula is C15H21NO. The lowest BCUT2D eigenvalue weighted by molar-refractivity contribution is 0.313. The zero-order chi connectivity index (χ0) is 12.3. The molecule has 0 bridgehead atoms. The van der Waals surface area contributed by atoms with Crippen molar-refractivity contribution in [2.45, 2.75) is 38.8 Å². The fourth-order valence-corrected chi connectivity index (χ4v) is 2.32. The molecule has 1 heterocycles. The summed E-state index contributed by atoms with van der Waals surface area (Å²) < 4.78 is 5.86. The molecular weight excluding hydrogens is 210 g/mol. The van der Waals surface area contributed by atoms with E-state index in [0.717, 1.165) is 25.2 Å². The van der Waals surface area contributed by atoms with Crippen LogP contribution >= 0.6 is 0 Å². The first-order chi connectivity index (χ1) is 8.22. The second-order valence-corrected chi connectivity index (χ2v) is 4.73. The lowest BCUT2D eigenvalue weighted by atomic mass is 9.99. The number of fused-ring (bicyclic) bond motifs is 1. The van der Waals surface area contributed by atoms with Crippen LogP contribution in [0.25, 0.3) is 0 Å². The van der Waals surface area contributed by atoms with Crippen LogP contribution in [0, 0.1) is 6.92 Å². The molecule has 2 unspecified atom stereocenters. The smallest absolute Gasteiger partial charge is 0.126 e. The number of nitrogens with one attached hydrogen (secondary N) is 1. The Hall–Kier alpha value is -1.28. The third-order valence-electron chi connectivity index (χ3n) is 3.32. The van der Waals surface area contributed by atoms with E-state index < -0.39 is 0 Å². The third-order valence-corrected chi connectivity index (χ3v) is 3.32. The molecule has 17 heavy (non-hydrogen) atoms. The maximum Gasteiger partial charge on any atom is 0.126 e. The Morgan fingerprint density at radius 2 is 2.35 bits per heavy atom. The van der Waals surface area contributed by atoms with E-state index >= 15 is 0 Å². The van der Waals surface area contributed by atoms with Gasteiger partial charge < -0.3 is 10.1 Å². The van der Waals surface area contributed by atoms with Crippen molar-refractivity contribution in [2.24, 2.45) is 0 Å². The second-order valence-electron chi connectivity index (χ2n) is 4.73. The molecule has 2 atom stereocenters. The number of ether oxygens (including phenoxy) is 1. The molecule has 0 fully saturated rings. The summed E-state index contributed by atoms with van der Waals surface area (Å²) in [4.78, 5) is 0. The van der Waals surface area contributed by atoms with Crippen molar-refractivity contribution in [1.29, 1.82) is 0 Å². The van der Waals surface area contributed by atoms with E-state index in [-0.39, 0.29) is 0 Å². The quantitative estimate of drug-likeness (QED) is 0.805. The molecule has 0 aromatic heterocycles. The number of aryl methyl sites for hydroxylation is 1. The molecule has 1 aliphatic rings. The molecule has 2 nitrogen and oxygen atoms in total. The topological polar surface area (TPSA) is 21.3 Å². The third kappa shape index (κ3) is 2.70. The molecule has 92 valence electrons. The van der Waals surface area contributed by atoms with E-state index in [4.69, 9.17) is 4.74 Å². The van der Waals surface area contributed by atoms with Gasteiger partial charge in [-0.15, -0.1) is 6.58 Å². The molecule has 1 aromatic carbocycles. The Bertz CT molecular complexity index is 400. The van der Waals surface area contributed by atoms with Gasteiger partial charge in [-0.2, -0.15) is 0 Å². The van der Waals surface area contributed by atoms with Crippen LogP contribution in [-0.2, 0) is 0 Å². The largest absolute Gasteiger partial charge is 0.493 e. The Kier molecular flexibility index (Phi) is 3.85. The summed E-state index contributed by atoms with van der Waals surface area (Å²) in [5.41, 5.74) is 2.51. The van der Waals surface area contributed by atoms with Gasteiger partial charge in [0.05, 0.1) is 6.61 Å². The summed E-state index contributed by atoms with van der Waals surface area (Å²) in [6.45, 7) is 8.89. The average molecular weight is 231 g/mol. The Morgan fingerprint density at radius 1 is 1.53 bits per heavy atom. The van der Waals surface area contributed by atoms with Crippen molar-refractivity contribution in [2.75, 3.05) is 6.61 Å². The van der Waals surface area contributed by atoms with Crippen molar-refractivity contribution in [1.82, 2.24) is 5.32 Å². The number of para-hydroxylation sites is 1. The molecule has 0 spiro atoms. The summed E-state index contributed by atoms with van der Waals surface area (Å²) >= 11 is 0. The Morgan fingerprint density at radius 3 is 3.12 bits per heavy atom. The standard InChI is InChI=1S/C15H21NO/c1-4-12(3)16-14-9-6-10-17-15-11(2)7-5-8-13(14)15/h4-5,7-8,12,14,16H,1,6,9-10H2,2-3H3. The van der Waals surface area contributed by atoms with Crippen molar-refractivity contribution in [3.05, 3.63) is 42.0 Å². The number of hydrogen-bond acceptors (Lipinski definition) is 2. The molecule has 1 aromatic rings. The van der Waals surface area contributed by atoms with Gasteiger partial charge in [-0.3, -0.25) is 0 Å². The first-order valence-electron chi connectivity index (χ1n) is 6.33. The van der Waals surface area contributed by atoms with Gasteiger partial charge in [0.15, 0.2) is 0 Å². The molecule has 0 saturated heterocycles. The van der Waals surface area contributed by atoms with E-state index in [2.05, 4.69) is 43.9 Å². The molecule has 0 aliphatic carbocycles. The van der Waals surface area contributed by atoms with Crippen LogP contribution in [0.4, 0.5) is 0 Å². The maximum absolute atomic E-state index is 5.86. The van der Waals surface area contributed by atoms with Crippen LogP contribution in [0.5, 0.6) is 5.75 Å². The summed E-state index contributed by atoms with van der Waals surface area (Å²) in [6.07, 6.45) is 4.16. The predicted octanol–water partition coefficient (Wildman–Crippen LogP) is 3.37. The van der Waals surface area contributed by atoms with Crippen LogP contribution in [0.3, 0.4) is 0 Å². The molecule has 0 radical (unpaired) electrons. The van der Waals surface area contributed by atoms with Gasteiger partial charge >= 0.3 is 0 Å². The van der Waals surface area contributed by atoms with Crippen LogP contribution in [0.2, 0.25) is 0 Å². The Balaban J connectivity index is 2.30. The van der Waals surface area contributed by atoms with Crippen LogP contribution in [0.15, 0.2) is 30.9 Å². The van der Waals surface area contributed by atoms with Crippen LogP contribution < -0.4 is 10.1 Å². The van der Waals surface area contributed by atoms with Crippen LogP contribution in [0.1, 0.15) is 36.9 Å². The van der Waals surface area contributed by atoms with Gasteiger partial charge in [0.1, 0.15) is 5.75 Å². The fraction of sp³-hybridized carbons (Fsp3) is 0.467. The monoisotopic (exact) mass is 231 g/mol. The second kappa shape index (κ2) is 5.37. The van der Waals surface area contributed by atoms with E-state index in [1.165, 1.54) is 11.1 Å². The highest BCUT2D eigenvalue weighted by molar-refractivity contribution is 5.43. The van der Waals surface area contributed by atoms with E-state index in [1.807, 2.05) is 6.08 Å². The van der Waals surface area contributed by atoms with Gasteiger partial charge in [-0.05, 0) is 32.3 Å². The van der Waals surface area contributed by atoms with Crippen molar-refractivity contribution in [3.63, 3.8) is 0 Å². The molecule has 1 aliphatic heterocycles. The van der Waals surface area contributed by atoms with Gasteiger partial charge in [0.2, 0.25) is 0 Å². The van der Waals surface area contributed by atoms with Crippen molar-refractivity contribution < 1.29 is 4.74 Å². The minimum atomic E-state index is 0.325. The highest BCUT2D eigenvalue weighted by atomic mass is 16.5. The SMILES string of the molecule is C=CC(C)NC1CCCOc2c(C)cccc21. The highest BCUT2D eigenvalue weighted by Gasteiger charge is 2.21. The van der Waals surface area contributed by atoms with Gasteiger partial charge in [-0.1, -0.05) is 24.3 Å². The van der Waals surface area contributed by atoms with E-state index in [1.54, 1.807) is 0 Å². The first-order valence-corrected chi connectivity index (χ1v) is 6.33. The summed E-state index contributed by atoms with van der Waals surface area (Å²) in [5.74, 6) is 1.07. The normalized spacial score (nSPS) is 20.9. The predicted molar refractivity (Wildman–Crippen MR) is 71.4 cm³/mol. The molecule has 0 amide bonds. The Labute approximate surface area is 104 Å². The van der Waals surface area contributed by atoms with E-state index in [9.17, 15) is 0 Å². The van der Waals surface area contributed by atoms with Gasteiger partial charge in [0, 0.05) is 17.6 Å². The minimum Gasteiger partial charge on any atom is -0.493 e. The highest BCUT2D eigenvalue weighted by Crippen LogP contribution is 2.34. The molecule has 2 rings (SSSR count). The van der Waals surface area contributed by atoms with Crippen LogP contribution in [-0.4, -0.2) is 12.6 Å². The number of benzene rings is 1. The number of hydrogen-bond donors (Lipinski definition) is 1. The number of rotatable bonds is 3. The first kappa shape index (κ1) is 12.2. The molecule has 1 N–H and O–H groups in total. The summed E-state index contributed by atoms with van der Waals surface area (Å²) in [7, 11) is 0.